The Morgan fingerprint density at radius 2 is 1.77 bits per heavy atom. The molecule has 206 valence electrons. The maximum atomic E-state index is 12.9. The Bertz CT molecular complexity index is 1570. The highest BCUT2D eigenvalue weighted by Crippen LogP contribution is 2.42. The molecule has 1 aliphatic heterocycles. The van der Waals surface area contributed by atoms with E-state index in [4.69, 9.17) is 37.4 Å². The molecule has 11 heteroatoms. The number of hydrogen-bond acceptors (Lipinski definition) is 7. The first-order chi connectivity index (χ1) is 19.2. The zero-order valence-corrected chi connectivity index (χ0v) is 25.2. The van der Waals surface area contributed by atoms with Crippen LogP contribution < -0.4 is 9.47 Å². The van der Waals surface area contributed by atoms with Crippen molar-refractivity contribution in [3.05, 3.63) is 108 Å². The van der Waals surface area contributed by atoms with Crippen LogP contribution in [-0.2, 0) is 16.1 Å². The van der Waals surface area contributed by atoms with Gasteiger partial charge in [-0.15, -0.1) is 0 Å². The number of thioether (sulfide) groups is 1. The molecule has 0 radical (unpaired) electrons. The summed E-state index contributed by atoms with van der Waals surface area (Å²) in [6.45, 7) is 1.93. The van der Waals surface area contributed by atoms with Gasteiger partial charge in [-0.3, -0.25) is 4.79 Å². The number of rotatable bonds is 8. The van der Waals surface area contributed by atoms with E-state index in [-0.39, 0.29) is 45.1 Å². The number of carbonyl (C=O) groups is 2. The molecule has 0 saturated heterocycles. The van der Waals surface area contributed by atoms with Crippen LogP contribution >= 0.6 is 50.9 Å². The largest absolute Gasteiger partial charge is 0.506 e. The van der Waals surface area contributed by atoms with Gasteiger partial charge < -0.3 is 19.3 Å². The Morgan fingerprint density at radius 3 is 2.45 bits per heavy atom. The average Bonchev–Trinajstić information content (AvgIpc) is 3.22. The molecule has 3 aromatic carbocycles. The van der Waals surface area contributed by atoms with Gasteiger partial charge in [0.15, 0.2) is 11.5 Å². The van der Waals surface area contributed by atoms with Gasteiger partial charge in [0.05, 0.1) is 33.7 Å². The molecule has 0 fully saturated rings. The Morgan fingerprint density at radius 1 is 1.07 bits per heavy atom. The van der Waals surface area contributed by atoms with Gasteiger partial charge in [-0.2, -0.15) is 0 Å². The van der Waals surface area contributed by atoms with Crippen LogP contribution in [0.5, 0.6) is 11.5 Å². The zero-order chi connectivity index (χ0) is 28.8. The fourth-order valence-corrected chi connectivity index (χ4v) is 5.65. The smallest absolute Gasteiger partial charge is 0.344 e. The quantitative estimate of drug-likeness (QED) is 0.244. The molecule has 0 atom stereocenters. The molecule has 0 bridgehead atoms. The number of aliphatic hydroxyl groups is 1. The van der Waals surface area contributed by atoms with Crippen molar-refractivity contribution in [3.63, 3.8) is 0 Å². The minimum absolute atomic E-state index is 0.00200. The van der Waals surface area contributed by atoms with Crippen molar-refractivity contribution in [2.75, 3.05) is 13.7 Å². The summed E-state index contributed by atoms with van der Waals surface area (Å²) in [7, 11) is 1.51. The molecule has 7 nitrogen and oxygen atoms in total. The van der Waals surface area contributed by atoms with E-state index >= 15 is 0 Å². The summed E-state index contributed by atoms with van der Waals surface area (Å²) in [6, 6.07) is 17.3. The SMILES string of the molecule is CCOC(=O)C1=C(O)/C(=C/c2cc(Br)c(OCc3ccccc3Cl)c(OC)c2)SC1=NC(=O)c1ccccc1Cl. The summed E-state index contributed by atoms with van der Waals surface area (Å²) < 4.78 is 17.2. The number of aliphatic hydroxyl groups excluding tert-OH is 1. The van der Waals surface area contributed by atoms with Crippen LogP contribution in [0.3, 0.4) is 0 Å². The van der Waals surface area contributed by atoms with Gasteiger partial charge in [0.1, 0.15) is 23.0 Å². The van der Waals surface area contributed by atoms with Crippen molar-refractivity contribution >= 4 is 73.9 Å². The van der Waals surface area contributed by atoms with Crippen molar-refractivity contribution in [2.45, 2.75) is 13.5 Å². The minimum atomic E-state index is -0.802. The highest BCUT2D eigenvalue weighted by Gasteiger charge is 2.34. The molecular formula is C29H22BrCl2NO6S. The lowest BCUT2D eigenvalue weighted by Crippen LogP contribution is -2.14. The van der Waals surface area contributed by atoms with Crippen LogP contribution in [0.2, 0.25) is 10.0 Å². The molecular weight excluding hydrogens is 641 g/mol. The maximum Gasteiger partial charge on any atom is 0.344 e. The van der Waals surface area contributed by atoms with Crippen LogP contribution in [0, 0.1) is 0 Å². The molecule has 0 saturated carbocycles. The molecule has 3 aromatic rings. The van der Waals surface area contributed by atoms with E-state index in [1.165, 1.54) is 13.2 Å². The van der Waals surface area contributed by atoms with E-state index < -0.39 is 11.9 Å². The number of nitrogens with zero attached hydrogens (tertiary/aromatic N) is 1. The Balaban J connectivity index is 1.67. The van der Waals surface area contributed by atoms with E-state index in [1.54, 1.807) is 49.4 Å². The molecule has 1 aliphatic rings. The third-order valence-corrected chi connectivity index (χ3v) is 7.86. The van der Waals surface area contributed by atoms with Crippen LogP contribution in [0.25, 0.3) is 6.08 Å². The molecule has 1 N–H and O–H groups in total. The number of halogens is 3. The zero-order valence-electron chi connectivity index (χ0n) is 21.2. The molecule has 0 spiro atoms. The second-order valence-electron chi connectivity index (χ2n) is 8.17. The van der Waals surface area contributed by atoms with E-state index in [2.05, 4.69) is 20.9 Å². The first-order valence-corrected chi connectivity index (χ1v) is 14.2. The standard InChI is InChI=1S/C29H22BrCl2NO6S/c1-3-38-29(36)24-25(34)23(40-28(24)33-27(35)18-9-5-7-11-21(18)32)14-16-12-19(30)26(22(13-16)37-2)39-15-17-8-4-6-10-20(17)31/h4-14,34H,3,15H2,1-2H3/b23-14-,33-28?. The summed E-state index contributed by atoms with van der Waals surface area (Å²) in [5.74, 6) is -0.934. The monoisotopic (exact) mass is 661 g/mol. The van der Waals surface area contributed by atoms with E-state index in [1.807, 2.05) is 18.2 Å². The summed E-state index contributed by atoms with van der Waals surface area (Å²) in [5.41, 5.74) is 1.39. The predicted octanol–water partition coefficient (Wildman–Crippen LogP) is 8.05. The Hall–Kier alpha value is -3.24. The summed E-state index contributed by atoms with van der Waals surface area (Å²) in [5, 5.41) is 11.8. The topological polar surface area (TPSA) is 94.4 Å². The number of aliphatic imine (C=N–C) groups is 1. The van der Waals surface area contributed by atoms with Gasteiger partial charge in [-0.05, 0) is 64.8 Å². The third-order valence-electron chi connectivity index (χ3n) is 5.56. The number of benzene rings is 3. The molecule has 0 aliphatic carbocycles. The third kappa shape index (κ3) is 6.72. The van der Waals surface area contributed by atoms with Crippen molar-refractivity contribution < 1.29 is 28.9 Å². The van der Waals surface area contributed by atoms with Crippen molar-refractivity contribution in [3.8, 4) is 11.5 Å². The number of carbonyl (C=O) groups excluding carboxylic acids is 2. The summed E-state index contributed by atoms with van der Waals surface area (Å²) >= 11 is 16.9. The van der Waals surface area contributed by atoms with Gasteiger partial charge >= 0.3 is 5.97 Å². The minimum Gasteiger partial charge on any atom is -0.506 e. The lowest BCUT2D eigenvalue weighted by atomic mass is 10.1. The second-order valence-corrected chi connectivity index (χ2v) is 10.9. The first-order valence-electron chi connectivity index (χ1n) is 11.8. The maximum absolute atomic E-state index is 12.9. The molecule has 40 heavy (non-hydrogen) atoms. The fraction of sp³-hybridized carbons (Fsp3) is 0.138. The van der Waals surface area contributed by atoms with Crippen LogP contribution in [0.1, 0.15) is 28.4 Å². The Labute approximate surface area is 253 Å². The molecule has 1 heterocycles. The first kappa shape index (κ1) is 29.7. The fourth-order valence-electron chi connectivity index (χ4n) is 3.66. The van der Waals surface area contributed by atoms with Crippen LogP contribution in [0.4, 0.5) is 0 Å². The number of ether oxygens (including phenoxy) is 3. The summed E-state index contributed by atoms with van der Waals surface area (Å²) in [6.07, 6.45) is 1.63. The number of amides is 1. The second kappa shape index (κ2) is 13.4. The number of methoxy groups -OCH3 is 1. The van der Waals surface area contributed by atoms with Gasteiger partial charge in [-0.1, -0.05) is 65.3 Å². The van der Waals surface area contributed by atoms with Gasteiger partial charge in [0, 0.05) is 10.6 Å². The number of hydrogen-bond donors (Lipinski definition) is 1. The van der Waals surface area contributed by atoms with Crippen molar-refractivity contribution in [1.82, 2.24) is 0 Å². The van der Waals surface area contributed by atoms with Crippen LogP contribution in [-0.4, -0.2) is 35.7 Å². The van der Waals surface area contributed by atoms with Crippen LogP contribution in [0.15, 0.2) is 86.4 Å². The van der Waals surface area contributed by atoms with Gasteiger partial charge in [0.2, 0.25) is 0 Å². The number of esters is 1. The lowest BCUT2D eigenvalue weighted by Gasteiger charge is -2.14. The highest BCUT2D eigenvalue weighted by molar-refractivity contribution is 9.10. The molecule has 4 rings (SSSR count). The lowest BCUT2D eigenvalue weighted by molar-refractivity contribution is -0.138. The normalized spacial score (nSPS) is 15.0. The van der Waals surface area contributed by atoms with E-state index in [9.17, 15) is 14.7 Å². The average molecular weight is 663 g/mol. The van der Waals surface area contributed by atoms with Gasteiger partial charge in [0.25, 0.3) is 5.91 Å². The van der Waals surface area contributed by atoms with Gasteiger partial charge in [-0.25, -0.2) is 9.79 Å². The van der Waals surface area contributed by atoms with Crippen molar-refractivity contribution in [1.29, 1.82) is 0 Å². The van der Waals surface area contributed by atoms with Crippen molar-refractivity contribution in [2.24, 2.45) is 4.99 Å². The summed E-state index contributed by atoms with van der Waals surface area (Å²) in [4.78, 5) is 29.9. The molecule has 0 unspecified atom stereocenters. The highest BCUT2D eigenvalue weighted by atomic mass is 79.9. The van der Waals surface area contributed by atoms with E-state index in [0.29, 0.717) is 26.6 Å². The van der Waals surface area contributed by atoms with E-state index in [0.717, 1.165) is 17.3 Å². The predicted molar refractivity (Wildman–Crippen MR) is 162 cm³/mol. The Kier molecular flexibility index (Phi) is 9.97. The molecule has 1 amide bonds. The molecule has 0 aromatic heterocycles.